The summed E-state index contributed by atoms with van der Waals surface area (Å²) >= 11 is 0. The third kappa shape index (κ3) is 4.38. The topological polar surface area (TPSA) is 80.7 Å². The fourth-order valence-corrected chi connectivity index (χ4v) is 3.08. The molecule has 4 rings (SSSR count). The standard InChI is InChI=1S/C23H19N3O3/c27-22(16-5-2-1-3-6-16)17-8-10-18(11-9-17)23(28)25-15-20-13-21(26-29-20)19-7-4-12-24-14-19/h1-12,14,20H,13,15H2,(H,25,28). The quantitative estimate of drug-likeness (QED) is 0.661. The fourth-order valence-electron chi connectivity index (χ4n) is 3.08. The van der Waals surface area contributed by atoms with Gasteiger partial charge in [0.2, 0.25) is 0 Å². The summed E-state index contributed by atoms with van der Waals surface area (Å²) in [4.78, 5) is 34.3. The van der Waals surface area contributed by atoms with Gasteiger partial charge in [0, 0.05) is 41.1 Å². The van der Waals surface area contributed by atoms with Crippen molar-refractivity contribution in [3.63, 3.8) is 0 Å². The summed E-state index contributed by atoms with van der Waals surface area (Å²) < 4.78 is 0. The Balaban J connectivity index is 1.31. The number of pyridine rings is 1. The minimum absolute atomic E-state index is 0.0722. The first-order chi connectivity index (χ1) is 14.2. The zero-order valence-electron chi connectivity index (χ0n) is 15.6. The number of amides is 1. The van der Waals surface area contributed by atoms with Gasteiger partial charge in [-0.2, -0.15) is 0 Å². The maximum atomic E-state index is 12.4. The van der Waals surface area contributed by atoms with Crippen LogP contribution in [0.3, 0.4) is 0 Å². The predicted molar refractivity (Wildman–Crippen MR) is 109 cm³/mol. The number of hydrogen-bond donors (Lipinski definition) is 1. The van der Waals surface area contributed by atoms with Gasteiger partial charge in [0.1, 0.15) is 6.10 Å². The molecule has 1 amide bonds. The lowest BCUT2D eigenvalue weighted by molar-refractivity contribution is 0.0753. The van der Waals surface area contributed by atoms with E-state index in [-0.39, 0.29) is 17.8 Å². The van der Waals surface area contributed by atoms with Crippen molar-refractivity contribution in [2.75, 3.05) is 6.54 Å². The van der Waals surface area contributed by atoms with Crippen LogP contribution in [0.15, 0.2) is 84.3 Å². The van der Waals surface area contributed by atoms with E-state index in [1.165, 1.54) is 0 Å². The second kappa shape index (κ2) is 8.48. The molecule has 0 spiro atoms. The van der Waals surface area contributed by atoms with Gasteiger partial charge in [0.05, 0.1) is 12.3 Å². The van der Waals surface area contributed by atoms with Gasteiger partial charge in [0.25, 0.3) is 5.91 Å². The zero-order chi connectivity index (χ0) is 20.1. The van der Waals surface area contributed by atoms with Gasteiger partial charge in [-0.05, 0) is 24.3 Å². The third-order valence-corrected chi connectivity index (χ3v) is 4.66. The van der Waals surface area contributed by atoms with Crippen LogP contribution < -0.4 is 5.32 Å². The van der Waals surface area contributed by atoms with E-state index in [0.717, 1.165) is 11.3 Å². The normalized spacial score (nSPS) is 15.3. The number of nitrogens with one attached hydrogen (secondary N) is 1. The first-order valence-electron chi connectivity index (χ1n) is 9.32. The molecule has 2 aromatic carbocycles. The minimum Gasteiger partial charge on any atom is -0.390 e. The molecule has 2 heterocycles. The van der Waals surface area contributed by atoms with Gasteiger partial charge < -0.3 is 10.2 Å². The number of rotatable bonds is 6. The molecule has 1 unspecified atom stereocenters. The van der Waals surface area contributed by atoms with Gasteiger partial charge in [-0.25, -0.2) is 0 Å². The molecular weight excluding hydrogens is 366 g/mol. The van der Waals surface area contributed by atoms with Gasteiger partial charge >= 0.3 is 0 Å². The van der Waals surface area contributed by atoms with E-state index in [2.05, 4.69) is 15.5 Å². The Bertz CT molecular complexity index is 1030. The molecule has 6 nitrogen and oxygen atoms in total. The van der Waals surface area contributed by atoms with Crippen LogP contribution in [0.4, 0.5) is 0 Å². The number of ketones is 1. The average Bonchev–Trinajstić information content (AvgIpc) is 3.27. The highest BCUT2D eigenvalue weighted by Crippen LogP contribution is 2.16. The number of oxime groups is 1. The maximum absolute atomic E-state index is 12.4. The summed E-state index contributed by atoms with van der Waals surface area (Å²) in [6.07, 6.45) is 3.84. The van der Waals surface area contributed by atoms with Crippen LogP contribution in [0.25, 0.3) is 0 Å². The highest BCUT2D eigenvalue weighted by molar-refractivity contribution is 6.09. The maximum Gasteiger partial charge on any atom is 0.251 e. The Morgan fingerprint density at radius 3 is 2.38 bits per heavy atom. The third-order valence-electron chi connectivity index (χ3n) is 4.66. The van der Waals surface area contributed by atoms with Gasteiger partial charge in [0.15, 0.2) is 5.78 Å². The summed E-state index contributed by atoms with van der Waals surface area (Å²) in [5, 5.41) is 6.94. The second-order valence-electron chi connectivity index (χ2n) is 6.69. The van der Waals surface area contributed by atoms with E-state index in [1.54, 1.807) is 48.8 Å². The molecule has 1 aliphatic rings. The van der Waals surface area contributed by atoms with Crippen molar-refractivity contribution in [1.82, 2.24) is 10.3 Å². The average molecular weight is 385 g/mol. The van der Waals surface area contributed by atoms with Crippen LogP contribution in [0.5, 0.6) is 0 Å². The molecule has 1 aliphatic heterocycles. The largest absolute Gasteiger partial charge is 0.390 e. The predicted octanol–water partition coefficient (Wildman–Crippen LogP) is 3.24. The minimum atomic E-state index is -0.220. The smallest absolute Gasteiger partial charge is 0.251 e. The number of aromatic nitrogens is 1. The van der Waals surface area contributed by atoms with Crippen LogP contribution in [-0.4, -0.2) is 35.0 Å². The molecule has 29 heavy (non-hydrogen) atoms. The Hall–Kier alpha value is -3.80. The van der Waals surface area contributed by atoms with E-state index in [4.69, 9.17) is 4.84 Å². The summed E-state index contributed by atoms with van der Waals surface area (Å²) in [6, 6.07) is 19.5. The van der Waals surface area contributed by atoms with E-state index < -0.39 is 0 Å². The molecule has 1 atom stereocenters. The summed E-state index contributed by atoms with van der Waals surface area (Å²) in [7, 11) is 0. The number of nitrogens with zero attached hydrogens (tertiary/aromatic N) is 2. The van der Waals surface area contributed by atoms with Crippen molar-refractivity contribution in [3.05, 3.63) is 101 Å². The first-order valence-corrected chi connectivity index (χ1v) is 9.32. The molecular formula is C23H19N3O3. The van der Waals surface area contributed by atoms with Crippen LogP contribution in [0.2, 0.25) is 0 Å². The molecule has 0 radical (unpaired) electrons. The Morgan fingerprint density at radius 1 is 0.931 bits per heavy atom. The van der Waals surface area contributed by atoms with Crippen molar-refractivity contribution >= 4 is 17.4 Å². The van der Waals surface area contributed by atoms with Crippen molar-refractivity contribution in [1.29, 1.82) is 0 Å². The number of benzene rings is 2. The van der Waals surface area contributed by atoms with Crippen molar-refractivity contribution < 1.29 is 14.4 Å². The molecule has 3 aromatic rings. The first kappa shape index (κ1) is 18.6. The molecule has 6 heteroatoms. The molecule has 0 fully saturated rings. The number of carbonyl (C=O) groups excluding carboxylic acids is 2. The SMILES string of the molecule is O=C(NCC1CC(c2cccnc2)=NO1)c1ccc(C(=O)c2ccccc2)cc1. The van der Waals surface area contributed by atoms with Crippen molar-refractivity contribution in [2.45, 2.75) is 12.5 Å². The van der Waals surface area contributed by atoms with E-state index in [1.807, 2.05) is 30.3 Å². The fraction of sp³-hybridized carbons (Fsp3) is 0.130. The molecule has 0 saturated heterocycles. The van der Waals surface area contributed by atoms with E-state index in [0.29, 0.717) is 29.7 Å². The van der Waals surface area contributed by atoms with Crippen molar-refractivity contribution in [2.24, 2.45) is 5.16 Å². The number of hydrogen-bond acceptors (Lipinski definition) is 5. The molecule has 1 N–H and O–H groups in total. The van der Waals surface area contributed by atoms with Crippen molar-refractivity contribution in [3.8, 4) is 0 Å². The molecule has 0 aliphatic carbocycles. The van der Waals surface area contributed by atoms with Crippen LogP contribution in [0, 0.1) is 0 Å². The van der Waals surface area contributed by atoms with Gasteiger partial charge in [-0.3, -0.25) is 14.6 Å². The lowest BCUT2D eigenvalue weighted by Gasteiger charge is -2.10. The second-order valence-corrected chi connectivity index (χ2v) is 6.69. The van der Waals surface area contributed by atoms with E-state index in [9.17, 15) is 9.59 Å². The highest BCUT2D eigenvalue weighted by atomic mass is 16.6. The van der Waals surface area contributed by atoms with Crippen LogP contribution in [-0.2, 0) is 4.84 Å². The molecule has 0 bridgehead atoms. The summed E-state index contributed by atoms with van der Waals surface area (Å²) in [5.74, 6) is -0.292. The van der Waals surface area contributed by atoms with Gasteiger partial charge in [-0.15, -0.1) is 0 Å². The Morgan fingerprint density at radius 2 is 1.66 bits per heavy atom. The Labute approximate surface area is 168 Å². The Kier molecular flexibility index (Phi) is 5.42. The lowest BCUT2D eigenvalue weighted by Crippen LogP contribution is -2.32. The summed E-state index contributed by atoms with van der Waals surface area (Å²) in [6.45, 7) is 0.344. The van der Waals surface area contributed by atoms with Crippen LogP contribution >= 0.6 is 0 Å². The number of carbonyl (C=O) groups is 2. The molecule has 144 valence electrons. The summed E-state index contributed by atoms with van der Waals surface area (Å²) in [5.41, 5.74) is 3.39. The van der Waals surface area contributed by atoms with E-state index >= 15 is 0 Å². The monoisotopic (exact) mass is 385 g/mol. The lowest BCUT2D eigenvalue weighted by atomic mass is 10.0. The molecule has 0 saturated carbocycles. The zero-order valence-corrected chi connectivity index (χ0v) is 15.6. The highest BCUT2D eigenvalue weighted by Gasteiger charge is 2.23. The van der Waals surface area contributed by atoms with Crippen LogP contribution in [0.1, 0.15) is 38.3 Å². The van der Waals surface area contributed by atoms with Gasteiger partial charge in [-0.1, -0.05) is 47.6 Å². The molecule has 1 aromatic heterocycles.